The molecule has 16 heteroatoms. The normalized spacial score (nSPS) is 18.0. The highest BCUT2D eigenvalue weighted by Gasteiger charge is 2.51. The van der Waals surface area contributed by atoms with Crippen LogP contribution in [0.3, 0.4) is 0 Å². The Morgan fingerprint density at radius 1 is 1.02 bits per heavy atom. The Kier molecular flexibility index (Phi) is 11.8. The highest BCUT2D eigenvalue weighted by molar-refractivity contribution is 7.48. The predicted molar refractivity (Wildman–Crippen MR) is 185 cm³/mol. The first kappa shape index (κ1) is 37.4. The third kappa shape index (κ3) is 8.39. The Hall–Kier alpha value is -4.82. The maximum absolute atomic E-state index is 14.6. The van der Waals surface area contributed by atoms with Gasteiger partial charge in [-0.25, -0.2) is 28.2 Å². The summed E-state index contributed by atoms with van der Waals surface area (Å²) >= 11 is 0. The molecule has 5 rings (SSSR count). The van der Waals surface area contributed by atoms with Gasteiger partial charge >= 0.3 is 13.9 Å². The van der Waals surface area contributed by atoms with Gasteiger partial charge in [0.25, 0.3) is 0 Å². The third-order valence-electron chi connectivity index (χ3n) is 8.65. The van der Waals surface area contributed by atoms with E-state index < -0.39 is 43.6 Å². The minimum absolute atomic E-state index is 0.0311. The second kappa shape index (κ2) is 16.0. The number of fused-ring (bicyclic) bond motifs is 1. The van der Waals surface area contributed by atoms with E-state index in [1.807, 2.05) is 30.3 Å². The van der Waals surface area contributed by atoms with Crippen LogP contribution in [-0.4, -0.2) is 97.8 Å². The molecule has 0 bridgehead atoms. The number of hydrogen-bond donors (Lipinski definition) is 1. The van der Waals surface area contributed by atoms with E-state index in [4.69, 9.17) is 13.6 Å². The van der Waals surface area contributed by atoms with Gasteiger partial charge in [-0.1, -0.05) is 48.5 Å². The largest absolute Gasteiger partial charge is 0.529 e. The number of hydrogen-bond acceptors (Lipinski definition) is 9. The summed E-state index contributed by atoms with van der Waals surface area (Å²) in [6, 6.07) is 16.2. The number of urea groups is 1. The Bertz CT molecular complexity index is 1790. The van der Waals surface area contributed by atoms with Crippen LogP contribution in [0.4, 0.5) is 19.3 Å². The van der Waals surface area contributed by atoms with Gasteiger partial charge < -0.3 is 24.5 Å². The minimum Gasteiger partial charge on any atom is -0.404 e. The standard InChI is InChI=1S/C35H41F2N6O7P/c1-6-16-41-23-33(44)42-31(17-24-12-14-27(15-13-24)50-51(47,48-4)49-5)34(45)40(21-26-18-28(36)29(37)19-30(26)39(2)3)22-32(42)43(41)35(46)38-20-25-10-8-7-9-11-25/h6-15,18-19,31-32H,1,16-17,20-23H2,2-5H3,(H,38,46)/t31-,32+/m1/s1. The van der Waals surface area contributed by atoms with E-state index in [2.05, 4.69) is 11.9 Å². The highest BCUT2D eigenvalue weighted by atomic mass is 31.2. The lowest BCUT2D eigenvalue weighted by atomic mass is 9.98. The molecule has 13 nitrogen and oxygen atoms in total. The van der Waals surface area contributed by atoms with Crippen molar-refractivity contribution < 1.29 is 41.3 Å². The molecule has 2 aliphatic rings. The van der Waals surface area contributed by atoms with E-state index in [1.165, 1.54) is 41.2 Å². The Morgan fingerprint density at radius 2 is 1.69 bits per heavy atom. The number of rotatable bonds is 13. The molecule has 0 spiro atoms. The first-order chi connectivity index (χ1) is 24.4. The highest BCUT2D eigenvalue weighted by Crippen LogP contribution is 2.47. The topological polar surface area (TPSA) is 124 Å². The fraction of sp³-hybridized carbons (Fsp3) is 0.343. The van der Waals surface area contributed by atoms with Crippen LogP contribution in [0.2, 0.25) is 0 Å². The zero-order chi connectivity index (χ0) is 36.9. The molecule has 3 aromatic rings. The second-order valence-corrected chi connectivity index (χ2v) is 14.0. The van der Waals surface area contributed by atoms with Crippen molar-refractivity contribution in [3.05, 3.63) is 108 Å². The van der Waals surface area contributed by atoms with Crippen LogP contribution < -0.4 is 14.7 Å². The molecule has 2 atom stereocenters. The van der Waals surface area contributed by atoms with Crippen molar-refractivity contribution in [3.8, 4) is 5.75 Å². The number of carbonyl (C=O) groups is 3. The molecule has 2 saturated heterocycles. The fourth-order valence-corrected chi connectivity index (χ4v) is 6.89. The summed E-state index contributed by atoms with van der Waals surface area (Å²) < 4.78 is 56.5. The molecule has 51 heavy (non-hydrogen) atoms. The van der Waals surface area contributed by atoms with Gasteiger partial charge in [0, 0.05) is 66.1 Å². The minimum atomic E-state index is -3.83. The number of benzene rings is 3. The van der Waals surface area contributed by atoms with Gasteiger partial charge in [-0.2, -0.15) is 0 Å². The quantitative estimate of drug-likeness (QED) is 0.200. The Balaban J connectivity index is 1.52. The van der Waals surface area contributed by atoms with Gasteiger partial charge in [0.05, 0.1) is 13.1 Å². The number of piperazine rings is 1. The number of phosphoric acid groups is 1. The zero-order valence-electron chi connectivity index (χ0n) is 28.8. The van der Waals surface area contributed by atoms with E-state index in [9.17, 15) is 27.7 Å². The van der Waals surface area contributed by atoms with E-state index in [0.717, 1.165) is 17.7 Å². The van der Waals surface area contributed by atoms with E-state index in [0.29, 0.717) is 16.8 Å². The smallest absolute Gasteiger partial charge is 0.404 e. The number of nitrogens with zero attached hydrogens (tertiary/aromatic N) is 5. The Labute approximate surface area is 295 Å². The second-order valence-electron chi connectivity index (χ2n) is 12.2. The lowest BCUT2D eigenvalue weighted by Gasteiger charge is -2.55. The van der Waals surface area contributed by atoms with Crippen LogP contribution in [0.1, 0.15) is 16.7 Å². The molecule has 3 aromatic carbocycles. The molecule has 2 aliphatic heterocycles. The van der Waals surface area contributed by atoms with Crippen molar-refractivity contribution in [1.29, 1.82) is 0 Å². The molecule has 2 fully saturated rings. The average molecular weight is 727 g/mol. The third-order valence-corrected chi connectivity index (χ3v) is 9.97. The molecule has 0 aromatic heterocycles. The van der Waals surface area contributed by atoms with E-state index in [1.54, 1.807) is 42.2 Å². The molecular weight excluding hydrogens is 685 g/mol. The molecule has 0 saturated carbocycles. The van der Waals surface area contributed by atoms with Gasteiger partial charge in [-0.05, 0) is 34.9 Å². The molecule has 2 heterocycles. The van der Waals surface area contributed by atoms with Gasteiger partial charge in [-0.15, -0.1) is 6.58 Å². The van der Waals surface area contributed by atoms with Gasteiger partial charge in [0.1, 0.15) is 18.0 Å². The maximum atomic E-state index is 14.6. The summed E-state index contributed by atoms with van der Waals surface area (Å²) in [5.41, 5.74) is 2.19. The number of nitrogens with one attached hydrogen (secondary N) is 1. The number of amides is 4. The maximum Gasteiger partial charge on any atom is 0.529 e. The molecule has 0 aliphatic carbocycles. The summed E-state index contributed by atoms with van der Waals surface area (Å²) in [6.45, 7) is 3.73. The van der Waals surface area contributed by atoms with Crippen LogP contribution in [0.5, 0.6) is 5.75 Å². The average Bonchev–Trinajstić information content (AvgIpc) is 3.11. The molecule has 0 radical (unpaired) electrons. The number of hydrazine groups is 1. The van der Waals surface area contributed by atoms with Gasteiger partial charge in [-0.3, -0.25) is 18.6 Å². The molecule has 272 valence electrons. The summed E-state index contributed by atoms with van der Waals surface area (Å²) in [7, 11) is 1.90. The first-order valence-corrected chi connectivity index (χ1v) is 17.6. The lowest BCUT2D eigenvalue weighted by molar-refractivity contribution is -0.189. The van der Waals surface area contributed by atoms with Gasteiger partial charge in [0.15, 0.2) is 11.6 Å². The molecule has 0 unspecified atom stereocenters. The van der Waals surface area contributed by atoms with Crippen LogP contribution in [0, 0.1) is 11.6 Å². The SMILES string of the molecule is C=CCN1CC(=O)N2[C@H](Cc3ccc(OP(=O)(OC)OC)cc3)C(=O)N(Cc3cc(F)c(F)cc3N(C)C)C[C@@H]2N1C(=O)NCc1ccccc1. The van der Waals surface area contributed by atoms with E-state index in [-0.39, 0.29) is 50.8 Å². The summed E-state index contributed by atoms with van der Waals surface area (Å²) in [5, 5.41) is 5.93. The van der Waals surface area contributed by atoms with Gasteiger partial charge in [0.2, 0.25) is 11.8 Å². The van der Waals surface area contributed by atoms with Crippen molar-refractivity contribution in [2.75, 3.05) is 52.8 Å². The Morgan fingerprint density at radius 3 is 2.31 bits per heavy atom. The number of carbonyl (C=O) groups excluding carboxylic acids is 3. The van der Waals surface area contributed by atoms with Crippen LogP contribution >= 0.6 is 7.82 Å². The van der Waals surface area contributed by atoms with Crippen molar-refractivity contribution in [2.24, 2.45) is 0 Å². The molecule has 4 amide bonds. The number of phosphoric ester groups is 1. The molecule has 1 N–H and O–H groups in total. The van der Waals surface area contributed by atoms with E-state index >= 15 is 0 Å². The summed E-state index contributed by atoms with van der Waals surface area (Å²) in [5.74, 6) is -2.74. The van der Waals surface area contributed by atoms with Crippen LogP contribution in [-0.2, 0) is 42.7 Å². The monoisotopic (exact) mass is 726 g/mol. The van der Waals surface area contributed by atoms with Crippen molar-refractivity contribution >= 4 is 31.4 Å². The van der Waals surface area contributed by atoms with Crippen molar-refractivity contribution in [3.63, 3.8) is 0 Å². The van der Waals surface area contributed by atoms with Crippen LogP contribution in [0.25, 0.3) is 0 Å². The zero-order valence-corrected chi connectivity index (χ0v) is 29.7. The van der Waals surface area contributed by atoms with Crippen molar-refractivity contribution in [2.45, 2.75) is 31.7 Å². The van der Waals surface area contributed by atoms with Crippen molar-refractivity contribution in [1.82, 2.24) is 25.1 Å². The summed E-state index contributed by atoms with van der Waals surface area (Å²) in [4.78, 5) is 46.8. The number of anilines is 1. The molecular formula is C35H41F2N6O7P. The fourth-order valence-electron chi connectivity index (χ4n) is 6.21. The number of halogens is 2. The predicted octanol–water partition coefficient (Wildman–Crippen LogP) is 4.55. The lowest BCUT2D eigenvalue weighted by Crippen LogP contribution is -2.76. The summed E-state index contributed by atoms with van der Waals surface area (Å²) in [6.07, 6.45) is 0.641. The van der Waals surface area contributed by atoms with Crippen LogP contribution in [0.15, 0.2) is 79.4 Å². The first-order valence-electron chi connectivity index (χ1n) is 16.1.